The van der Waals surface area contributed by atoms with Crippen molar-refractivity contribution in [2.45, 2.75) is 39.7 Å². The highest BCUT2D eigenvalue weighted by molar-refractivity contribution is 6.09. The summed E-state index contributed by atoms with van der Waals surface area (Å²) in [7, 11) is 0. The van der Waals surface area contributed by atoms with Crippen LogP contribution in [0.5, 0.6) is 0 Å². The molecule has 4 heteroatoms. The maximum absolute atomic E-state index is 12.7. The molecule has 3 aromatic rings. The summed E-state index contributed by atoms with van der Waals surface area (Å²) in [6.07, 6.45) is 2.34. The summed E-state index contributed by atoms with van der Waals surface area (Å²) in [5.74, 6) is 0.0698. The minimum absolute atomic E-state index is 0.0698. The van der Waals surface area contributed by atoms with Gasteiger partial charge in [-0.05, 0) is 49.6 Å². The molecule has 4 nitrogen and oxygen atoms in total. The van der Waals surface area contributed by atoms with E-state index in [0.717, 1.165) is 39.8 Å². The fourth-order valence-corrected chi connectivity index (χ4v) is 3.03. The number of pyridine rings is 1. The van der Waals surface area contributed by atoms with E-state index in [-0.39, 0.29) is 5.78 Å². The number of aryl methyl sites for hydroxylation is 1. The quantitative estimate of drug-likeness (QED) is 0.592. The maximum atomic E-state index is 12.7. The number of para-hydroxylation sites is 1. The van der Waals surface area contributed by atoms with Gasteiger partial charge in [-0.15, -0.1) is 0 Å². The minimum atomic E-state index is -0.583. The summed E-state index contributed by atoms with van der Waals surface area (Å²) in [6.45, 7) is 5.75. The predicted molar refractivity (Wildman–Crippen MR) is 106 cm³/mol. The molecule has 1 aromatic heterocycles. The Kier molecular flexibility index (Phi) is 5.33. The van der Waals surface area contributed by atoms with Gasteiger partial charge < -0.3 is 10.4 Å². The number of benzene rings is 2. The third-order valence-corrected chi connectivity index (χ3v) is 4.56. The van der Waals surface area contributed by atoms with E-state index in [9.17, 15) is 9.90 Å². The van der Waals surface area contributed by atoms with Crippen molar-refractivity contribution in [3.8, 4) is 0 Å². The van der Waals surface area contributed by atoms with Gasteiger partial charge in [0.15, 0.2) is 5.78 Å². The number of aromatic nitrogens is 1. The molecule has 2 aromatic carbocycles. The van der Waals surface area contributed by atoms with Gasteiger partial charge in [-0.3, -0.25) is 9.78 Å². The second kappa shape index (κ2) is 7.67. The highest BCUT2D eigenvalue weighted by Crippen LogP contribution is 2.32. The van der Waals surface area contributed by atoms with Gasteiger partial charge in [-0.1, -0.05) is 31.2 Å². The number of carbonyl (C=O) groups excluding carboxylic acids is 1. The van der Waals surface area contributed by atoms with Crippen molar-refractivity contribution in [1.29, 1.82) is 0 Å². The molecule has 26 heavy (non-hydrogen) atoms. The van der Waals surface area contributed by atoms with E-state index < -0.39 is 6.10 Å². The fourth-order valence-electron chi connectivity index (χ4n) is 3.03. The van der Waals surface area contributed by atoms with Crippen LogP contribution in [0.3, 0.4) is 0 Å². The summed E-state index contributed by atoms with van der Waals surface area (Å²) in [6, 6.07) is 13.6. The first-order chi connectivity index (χ1) is 12.5. The van der Waals surface area contributed by atoms with Crippen molar-refractivity contribution in [3.63, 3.8) is 0 Å². The number of hydrogen-bond donors (Lipinski definition) is 2. The topological polar surface area (TPSA) is 62.2 Å². The minimum Gasteiger partial charge on any atom is -0.389 e. The van der Waals surface area contributed by atoms with Gasteiger partial charge in [0.25, 0.3) is 0 Å². The SMILES string of the molecule is CCCC(=O)c1cnc2ccc(C(C)O)cc2c1Nc1ccccc1C. The Bertz CT molecular complexity index is 948. The molecular formula is C22H24N2O2. The lowest BCUT2D eigenvalue weighted by atomic mass is 10.00. The monoisotopic (exact) mass is 348 g/mol. The molecule has 134 valence electrons. The van der Waals surface area contributed by atoms with Crippen LogP contribution in [0.4, 0.5) is 11.4 Å². The van der Waals surface area contributed by atoms with Gasteiger partial charge in [0.05, 0.1) is 22.9 Å². The van der Waals surface area contributed by atoms with Crippen LogP contribution in [-0.2, 0) is 0 Å². The maximum Gasteiger partial charge on any atom is 0.166 e. The standard InChI is InChI=1S/C22H24N2O2/c1-4-7-21(26)18-13-23-20-11-10-16(15(3)25)12-17(20)22(18)24-19-9-6-5-8-14(19)2/h5-6,8-13,15,25H,4,7H2,1-3H3,(H,23,24). The average Bonchev–Trinajstić information content (AvgIpc) is 2.63. The Labute approximate surface area is 153 Å². The average molecular weight is 348 g/mol. The molecule has 0 radical (unpaired) electrons. The third-order valence-electron chi connectivity index (χ3n) is 4.56. The lowest BCUT2D eigenvalue weighted by molar-refractivity contribution is 0.0982. The van der Waals surface area contributed by atoms with Crippen molar-refractivity contribution in [2.75, 3.05) is 5.32 Å². The summed E-state index contributed by atoms with van der Waals surface area (Å²) in [5, 5.41) is 14.3. The Morgan fingerprint density at radius 2 is 2.00 bits per heavy atom. The number of anilines is 2. The smallest absolute Gasteiger partial charge is 0.166 e. The second-order valence-corrected chi connectivity index (χ2v) is 6.61. The molecule has 0 saturated heterocycles. The van der Waals surface area contributed by atoms with E-state index in [0.29, 0.717) is 12.0 Å². The Balaban J connectivity index is 2.22. The second-order valence-electron chi connectivity index (χ2n) is 6.61. The van der Waals surface area contributed by atoms with E-state index in [2.05, 4.69) is 10.3 Å². The number of Topliss-reactive ketones (excluding diaryl/α,β-unsaturated/α-hetero) is 1. The summed E-state index contributed by atoms with van der Waals surface area (Å²) in [5.41, 5.74) is 4.98. The van der Waals surface area contributed by atoms with Gasteiger partial charge in [0, 0.05) is 23.7 Å². The van der Waals surface area contributed by atoms with Gasteiger partial charge in [-0.2, -0.15) is 0 Å². The molecule has 0 amide bonds. The van der Waals surface area contributed by atoms with E-state index in [1.165, 1.54) is 0 Å². The molecule has 2 N–H and O–H groups in total. The molecule has 1 unspecified atom stereocenters. The zero-order chi connectivity index (χ0) is 18.7. The van der Waals surface area contributed by atoms with Gasteiger partial charge >= 0.3 is 0 Å². The number of ketones is 1. The Morgan fingerprint density at radius 3 is 2.69 bits per heavy atom. The van der Waals surface area contributed by atoms with E-state index in [4.69, 9.17) is 0 Å². The first-order valence-electron chi connectivity index (χ1n) is 8.97. The van der Waals surface area contributed by atoms with Crippen molar-refractivity contribution < 1.29 is 9.90 Å². The molecule has 1 heterocycles. The van der Waals surface area contributed by atoms with Gasteiger partial charge in [0.1, 0.15) is 0 Å². The van der Waals surface area contributed by atoms with Crippen molar-refractivity contribution >= 4 is 28.1 Å². The van der Waals surface area contributed by atoms with Crippen LogP contribution in [0.2, 0.25) is 0 Å². The van der Waals surface area contributed by atoms with Crippen LogP contribution in [0.15, 0.2) is 48.7 Å². The van der Waals surface area contributed by atoms with Crippen LogP contribution in [0, 0.1) is 6.92 Å². The van der Waals surface area contributed by atoms with E-state index in [1.54, 1.807) is 13.1 Å². The number of aliphatic hydroxyl groups excluding tert-OH is 1. The first-order valence-corrected chi connectivity index (χ1v) is 8.97. The van der Waals surface area contributed by atoms with Gasteiger partial charge in [0.2, 0.25) is 0 Å². The van der Waals surface area contributed by atoms with Crippen LogP contribution >= 0.6 is 0 Å². The number of aliphatic hydroxyl groups is 1. The molecule has 0 aliphatic rings. The molecule has 0 bridgehead atoms. The predicted octanol–water partition coefficient (Wildman–Crippen LogP) is 5.32. The molecule has 1 atom stereocenters. The molecule has 0 fully saturated rings. The number of rotatable bonds is 6. The molecule has 0 saturated carbocycles. The first kappa shape index (κ1) is 18.1. The summed E-state index contributed by atoms with van der Waals surface area (Å²) < 4.78 is 0. The Morgan fingerprint density at radius 1 is 1.23 bits per heavy atom. The zero-order valence-corrected chi connectivity index (χ0v) is 15.4. The fraction of sp³-hybridized carbons (Fsp3) is 0.273. The highest BCUT2D eigenvalue weighted by atomic mass is 16.3. The van der Waals surface area contributed by atoms with Gasteiger partial charge in [-0.25, -0.2) is 0 Å². The molecule has 0 spiro atoms. The third kappa shape index (κ3) is 3.60. The largest absolute Gasteiger partial charge is 0.389 e. The van der Waals surface area contributed by atoms with Crippen LogP contribution in [-0.4, -0.2) is 15.9 Å². The molecule has 0 aliphatic carbocycles. The summed E-state index contributed by atoms with van der Waals surface area (Å²) in [4.78, 5) is 17.1. The molecule has 0 aliphatic heterocycles. The summed E-state index contributed by atoms with van der Waals surface area (Å²) >= 11 is 0. The van der Waals surface area contributed by atoms with Crippen molar-refractivity contribution in [1.82, 2.24) is 4.98 Å². The van der Waals surface area contributed by atoms with E-state index in [1.807, 2.05) is 56.3 Å². The van der Waals surface area contributed by atoms with Crippen molar-refractivity contribution in [3.05, 3.63) is 65.4 Å². The number of fused-ring (bicyclic) bond motifs is 1. The number of nitrogens with zero attached hydrogens (tertiary/aromatic N) is 1. The molecule has 3 rings (SSSR count). The molecular weight excluding hydrogens is 324 g/mol. The number of carbonyl (C=O) groups is 1. The number of hydrogen-bond acceptors (Lipinski definition) is 4. The number of nitrogens with one attached hydrogen (secondary N) is 1. The van der Waals surface area contributed by atoms with E-state index >= 15 is 0 Å². The highest BCUT2D eigenvalue weighted by Gasteiger charge is 2.17. The lowest BCUT2D eigenvalue weighted by Crippen LogP contribution is -2.06. The Hall–Kier alpha value is -2.72. The van der Waals surface area contributed by atoms with Crippen LogP contribution in [0.1, 0.15) is 54.3 Å². The zero-order valence-electron chi connectivity index (χ0n) is 15.4. The van der Waals surface area contributed by atoms with Crippen LogP contribution < -0.4 is 5.32 Å². The normalized spacial score (nSPS) is 12.2. The van der Waals surface area contributed by atoms with Crippen LogP contribution in [0.25, 0.3) is 10.9 Å². The lowest BCUT2D eigenvalue weighted by Gasteiger charge is -2.17. The van der Waals surface area contributed by atoms with Crippen molar-refractivity contribution in [2.24, 2.45) is 0 Å².